The molecule has 0 radical (unpaired) electrons. The number of carbonyl (C=O) groups is 1. The molecule has 0 spiro atoms. The van der Waals surface area contributed by atoms with Gasteiger partial charge < -0.3 is 10.1 Å². The van der Waals surface area contributed by atoms with Crippen LogP contribution in [0.15, 0.2) is 41.3 Å². The summed E-state index contributed by atoms with van der Waals surface area (Å²) < 4.78 is 6.02. The number of benzene rings is 2. The second-order valence-corrected chi connectivity index (χ2v) is 5.95. The zero-order valence-electron chi connectivity index (χ0n) is 13.8. The minimum absolute atomic E-state index is 0.00511. The molecular weight excluding hydrogens is 306 g/mol. The maximum atomic E-state index is 11.7. The van der Waals surface area contributed by atoms with Crippen molar-refractivity contribution in [3.63, 3.8) is 0 Å². The van der Waals surface area contributed by atoms with Crippen LogP contribution in [0.2, 0.25) is 0 Å². The van der Waals surface area contributed by atoms with E-state index in [1.54, 1.807) is 0 Å². The van der Waals surface area contributed by atoms with Crippen LogP contribution in [0, 0.1) is 6.92 Å². The third kappa shape index (κ3) is 4.52. The maximum absolute atomic E-state index is 11.7. The Morgan fingerprint density at radius 2 is 2.00 bits per heavy atom. The predicted octanol–water partition coefficient (Wildman–Crippen LogP) is 4.77. The SMILES string of the molecule is CCC(=O)Nc1cccc(C)c1COc1ccc(S)cc1CC. The van der Waals surface area contributed by atoms with Crippen molar-refractivity contribution < 1.29 is 9.53 Å². The average molecular weight is 329 g/mol. The molecule has 0 heterocycles. The van der Waals surface area contributed by atoms with Gasteiger partial charge in [0.25, 0.3) is 0 Å². The van der Waals surface area contributed by atoms with E-state index in [9.17, 15) is 4.79 Å². The van der Waals surface area contributed by atoms with Crippen molar-refractivity contribution in [3.8, 4) is 5.75 Å². The molecule has 0 atom stereocenters. The molecule has 0 fully saturated rings. The first-order chi connectivity index (χ1) is 11.0. The summed E-state index contributed by atoms with van der Waals surface area (Å²) in [6.07, 6.45) is 1.34. The number of anilines is 1. The lowest BCUT2D eigenvalue weighted by Gasteiger charge is -2.16. The number of nitrogens with one attached hydrogen (secondary N) is 1. The second-order valence-electron chi connectivity index (χ2n) is 5.44. The first-order valence-corrected chi connectivity index (χ1v) is 8.32. The van der Waals surface area contributed by atoms with Gasteiger partial charge in [0, 0.05) is 22.6 Å². The Hall–Kier alpha value is -1.94. The number of carbonyl (C=O) groups excluding carboxylic acids is 1. The van der Waals surface area contributed by atoms with E-state index in [-0.39, 0.29) is 5.91 Å². The third-order valence-corrected chi connectivity index (χ3v) is 4.08. The van der Waals surface area contributed by atoms with Crippen molar-refractivity contribution >= 4 is 24.2 Å². The highest BCUT2D eigenvalue weighted by molar-refractivity contribution is 7.80. The molecule has 0 aliphatic carbocycles. The predicted molar refractivity (Wildman–Crippen MR) is 97.5 cm³/mol. The monoisotopic (exact) mass is 329 g/mol. The van der Waals surface area contributed by atoms with Crippen molar-refractivity contribution in [3.05, 3.63) is 53.1 Å². The third-order valence-electron chi connectivity index (χ3n) is 3.80. The van der Waals surface area contributed by atoms with Gasteiger partial charge in [-0.3, -0.25) is 4.79 Å². The van der Waals surface area contributed by atoms with Crippen LogP contribution in [0.3, 0.4) is 0 Å². The van der Waals surface area contributed by atoms with E-state index in [1.165, 1.54) is 0 Å². The lowest BCUT2D eigenvalue weighted by Crippen LogP contribution is -2.13. The Labute approximate surface area is 143 Å². The molecule has 2 aromatic carbocycles. The van der Waals surface area contributed by atoms with Gasteiger partial charge >= 0.3 is 0 Å². The van der Waals surface area contributed by atoms with Crippen molar-refractivity contribution in [2.45, 2.75) is 45.1 Å². The maximum Gasteiger partial charge on any atom is 0.224 e. The molecular formula is C19H23NO2S. The van der Waals surface area contributed by atoms with E-state index in [1.807, 2.05) is 50.2 Å². The zero-order valence-corrected chi connectivity index (χ0v) is 14.7. The van der Waals surface area contributed by atoms with E-state index in [2.05, 4.69) is 24.9 Å². The summed E-state index contributed by atoms with van der Waals surface area (Å²) in [6, 6.07) is 11.8. The quantitative estimate of drug-likeness (QED) is 0.749. The van der Waals surface area contributed by atoms with E-state index in [4.69, 9.17) is 4.74 Å². The highest BCUT2D eigenvalue weighted by Crippen LogP contribution is 2.26. The lowest BCUT2D eigenvalue weighted by molar-refractivity contribution is -0.115. The van der Waals surface area contributed by atoms with Gasteiger partial charge in [0.05, 0.1) is 0 Å². The number of rotatable bonds is 6. The van der Waals surface area contributed by atoms with E-state index in [0.717, 1.165) is 39.4 Å². The van der Waals surface area contributed by atoms with Crippen LogP contribution in [-0.2, 0) is 17.8 Å². The summed E-state index contributed by atoms with van der Waals surface area (Å²) in [5.74, 6) is 0.867. The molecule has 0 bridgehead atoms. The summed E-state index contributed by atoms with van der Waals surface area (Å²) >= 11 is 4.37. The highest BCUT2D eigenvalue weighted by atomic mass is 32.1. The van der Waals surface area contributed by atoms with Crippen LogP contribution < -0.4 is 10.1 Å². The van der Waals surface area contributed by atoms with Crippen molar-refractivity contribution in [1.29, 1.82) is 0 Å². The summed E-state index contributed by atoms with van der Waals surface area (Å²) in [5, 5.41) is 2.94. The molecule has 3 nitrogen and oxygen atoms in total. The molecule has 0 unspecified atom stereocenters. The number of hydrogen-bond donors (Lipinski definition) is 2. The minimum atomic E-state index is 0.00511. The summed E-state index contributed by atoms with van der Waals surface area (Å²) in [4.78, 5) is 12.6. The Kier molecular flexibility index (Phi) is 6.11. The number of ether oxygens (including phenoxy) is 1. The Morgan fingerprint density at radius 1 is 1.22 bits per heavy atom. The fourth-order valence-corrected chi connectivity index (χ4v) is 2.61. The van der Waals surface area contributed by atoms with E-state index in [0.29, 0.717) is 13.0 Å². The van der Waals surface area contributed by atoms with Crippen molar-refractivity contribution in [1.82, 2.24) is 0 Å². The standard InChI is InChI=1S/C19H23NO2S/c1-4-14-11-15(23)9-10-18(14)22-12-16-13(3)7-6-8-17(16)20-19(21)5-2/h6-11,23H,4-5,12H2,1-3H3,(H,20,21). The van der Waals surface area contributed by atoms with E-state index >= 15 is 0 Å². The molecule has 1 N–H and O–H groups in total. The van der Waals surface area contributed by atoms with Gasteiger partial charge in [-0.15, -0.1) is 12.6 Å². The molecule has 122 valence electrons. The second kappa shape index (κ2) is 8.06. The molecule has 0 aliphatic heterocycles. The fourth-order valence-electron chi connectivity index (χ4n) is 2.38. The normalized spacial score (nSPS) is 10.4. The smallest absolute Gasteiger partial charge is 0.224 e. The Morgan fingerprint density at radius 3 is 2.70 bits per heavy atom. The number of thiol groups is 1. The molecule has 1 amide bonds. The summed E-state index contributed by atoms with van der Waals surface area (Å²) in [6.45, 7) is 6.38. The number of aryl methyl sites for hydroxylation is 2. The number of amides is 1. The first-order valence-electron chi connectivity index (χ1n) is 7.88. The molecule has 2 aromatic rings. The molecule has 23 heavy (non-hydrogen) atoms. The van der Waals surface area contributed by atoms with Crippen molar-refractivity contribution in [2.75, 3.05) is 5.32 Å². The molecule has 0 aliphatic rings. The first kappa shape index (κ1) is 17.4. The number of hydrogen-bond acceptors (Lipinski definition) is 3. The van der Waals surface area contributed by atoms with Gasteiger partial charge in [0.1, 0.15) is 12.4 Å². The Balaban J connectivity index is 2.22. The van der Waals surface area contributed by atoms with Crippen LogP contribution in [0.25, 0.3) is 0 Å². The van der Waals surface area contributed by atoms with Crippen LogP contribution in [0.1, 0.15) is 37.0 Å². The molecule has 0 aromatic heterocycles. The van der Waals surface area contributed by atoms with Gasteiger partial charge in [-0.05, 0) is 48.7 Å². The summed E-state index contributed by atoms with van der Waals surface area (Å²) in [5.41, 5.74) is 4.06. The molecule has 2 rings (SSSR count). The van der Waals surface area contributed by atoms with Crippen LogP contribution in [0.4, 0.5) is 5.69 Å². The molecule has 0 saturated heterocycles. The minimum Gasteiger partial charge on any atom is -0.489 e. The highest BCUT2D eigenvalue weighted by Gasteiger charge is 2.10. The fraction of sp³-hybridized carbons (Fsp3) is 0.316. The van der Waals surface area contributed by atoms with Crippen LogP contribution in [0.5, 0.6) is 5.75 Å². The van der Waals surface area contributed by atoms with Gasteiger partial charge in [0.2, 0.25) is 5.91 Å². The van der Waals surface area contributed by atoms with Gasteiger partial charge in [0.15, 0.2) is 0 Å². The Bertz CT molecular complexity index is 698. The van der Waals surface area contributed by atoms with Crippen LogP contribution >= 0.6 is 12.6 Å². The van der Waals surface area contributed by atoms with Crippen LogP contribution in [-0.4, -0.2) is 5.91 Å². The summed E-state index contributed by atoms with van der Waals surface area (Å²) in [7, 11) is 0. The van der Waals surface area contributed by atoms with E-state index < -0.39 is 0 Å². The van der Waals surface area contributed by atoms with Gasteiger partial charge in [-0.2, -0.15) is 0 Å². The largest absolute Gasteiger partial charge is 0.489 e. The van der Waals surface area contributed by atoms with Gasteiger partial charge in [-0.25, -0.2) is 0 Å². The molecule has 0 saturated carbocycles. The molecule has 4 heteroatoms. The van der Waals surface area contributed by atoms with Gasteiger partial charge in [-0.1, -0.05) is 26.0 Å². The zero-order chi connectivity index (χ0) is 16.8. The average Bonchev–Trinajstić information content (AvgIpc) is 2.55. The topological polar surface area (TPSA) is 38.3 Å². The lowest BCUT2D eigenvalue weighted by atomic mass is 10.1. The van der Waals surface area contributed by atoms with Crippen molar-refractivity contribution in [2.24, 2.45) is 0 Å².